The third kappa shape index (κ3) is 3.71. The molecule has 0 bridgehead atoms. The van der Waals surface area contributed by atoms with Crippen LogP contribution in [0.15, 0.2) is 24.5 Å². The lowest BCUT2D eigenvalue weighted by atomic mass is 10.1. The summed E-state index contributed by atoms with van der Waals surface area (Å²) < 4.78 is 58.9. The molecule has 0 aliphatic carbocycles. The minimum absolute atomic E-state index is 0.103. The Labute approximate surface area is 131 Å². The number of hydrogen-bond donors (Lipinski definition) is 2. The van der Waals surface area contributed by atoms with E-state index in [1.54, 1.807) is 0 Å². The van der Waals surface area contributed by atoms with Crippen LogP contribution in [0.25, 0.3) is 0 Å². The molecular weight excluding hydrogens is 330 g/mol. The van der Waals surface area contributed by atoms with Gasteiger partial charge in [0.2, 0.25) is 10.0 Å². The van der Waals surface area contributed by atoms with Crippen LogP contribution in [0.2, 0.25) is 0 Å². The van der Waals surface area contributed by atoms with Gasteiger partial charge in [-0.1, -0.05) is 6.07 Å². The van der Waals surface area contributed by atoms with Crippen LogP contribution in [0.3, 0.4) is 0 Å². The van der Waals surface area contributed by atoms with Crippen LogP contribution < -0.4 is 4.72 Å². The number of benzene rings is 1. The van der Waals surface area contributed by atoms with Gasteiger partial charge in [-0.2, -0.15) is 5.10 Å². The van der Waals surface area contributed by atoms with E-state index in [0.717, 1.165) is 12.1 Å². The molecule has 2 aromatic rings. The maximum Gasteiger partial charge on any atom is 0.216 e. The van der Waals surface area contributed by atoms with E-state index in [1.807, 2.05) is 0 Å². The van der Waals surface area contributed by atoms with Crippen LogP contribution in [0, 0.1) is 11.6 Å². The molecular formula is C13H14F2N4O3S. The quantitative estimate of drug-likeness (QED) is 0.844. The molecule has 1 aromatic carbocycles. The molecule has 2 N–H and O–H groups in total. The summed E-state index contributed by atoms with van der Waals surface area (Å²) >= 11 is 0. The lowest BCUT2D eigenvalue weighted by molar-refractivity contribution is 0.0957. The van der Waals surface area contributed by atoms with Crippen LogP contribution in [0.5, 0.6) is 0 Å². The van der Waals surface area contributed by atoms with E-state index in [9.17, 15) is 17.2 Å². The van der Waals surface area contributed by atoms with Crippen molar-refractivity contribution in [2.75, 3.05) is 6.61 Å². The fraction of sp³-hybridized carbons (Fsp3) is 0.385. The monoisotopic (exact) mass is 344 g/mol. The van der Waals surface area contributed by atoms with Crippen LogP contribution in [-0.2, 0) is 20.5 Å². The molecule has 23 heavy (non-hydrogen) atoms. The van der Waals surface area contributed by atoms with Gasteiger partial charge in [-0.15, -0.1) is 0 Å². The van der Waals surface area contributed by atoms with Gasteiger partial charge in [0.15, 0.2) is 5.82 Å². The van der Waals surface area contributed by atoms with Gasteiger partial charge in [-0.3, -0.25) is 5.10 Å². The molecule has 2 heterocycles. The molecule has 2 atom stereocenters. The van der Waals surface area contributed by atoms with Crippen molar-refractivity contribution in [3.8, 4) is 0 Å². The van der Waals surface area contributed by atoms with Gasteiger partial charge in [0.1, 0.15) is 24.1 Å². The van der Waals surface area contributed by atoms with Crippen LogP contribution in [0.1, 0.15) is 23.9 Å². The number of halogens is 2. The number of aromatic amines is 1. The lowest BCUT2D eigenvalue weighted by Gasteiger charge is -2.18. The van der Waals surface area contributed by atoms with Crippen molar-refractivity contribution >= 4 is 10.0 Å². The second kappa shape index (κ2) is 6.30. The highest BCUT2D eigenvalue weighted by Crippen LogP contribution is 2.27. The minimum Gasteiger partial charge on any atom is -0.368 e. The predicted octanol–water partition coefficient (Wildman–Crippen LogP) is 1.03. The van der Waals surface area contributed by atoms with Gasteiger partial charge in [0, 0.05) is 18.2 Å². The van der Waals surface area contributed by atoms with Crippen molar-refractivity contribution in [1.82, 2.24) is 19.9 Å². The van der Waals surface area contributed by atoms with E-state index >= 15 is 0 Å². The molecule has 0 unspecified atom stereocenters. The van der Waals surface area contributed by atoms with Gasteiger partial charge >= 0.3 is 0 Å². The summed E-state index contributed by atoms with van der Waals surface area (Å²) in [6.07, 6.45) is 1.18. The standard InChI is InChI=1S/C13H14F2N4O3S/c14-9-2-1-8(10(15)5-9)6-23(20,21)19-11-3-4-22-12(11)13-16-7-17-18-13/h1-2,5,7,11-12,19H,3-4,6H2,(H,16,17,18)/t11-,12+/m0/s1. The summed E-state index contributed by atoms with van der Waals surface area (Å²) in [4.78, 5) is 3.96. The molecule has 10 heteroatoms. The zero-order valence-corrected chi connectivity index (χ0v) is 12.7. The summed E-state index contributed by atoms with van der Waals surface area (Å²) in [5.74, 6) is -1.82. The Morgan fingerprint density at radius 1 is 1.39 bits per heavy atom. The molecule has 3 rings (SSSR count). The molecule has 1 fully saturated rings. The summed E-state index contributed by atoms with van der Waals surface area (Å²) in [5, 5.41) is 6.34. The summed E-state index contributed by atoms with van der Waals surface area (Å²) in [7, 11) is -3.83. The molecule has 1 saturated heterocycles. The normalized spacial score (nSPS) is 21.7. The summed E-state index contributed by atoms with van der Waals surface area (Å²) in [6.45, 7) is 0.365. The van der Waals surface area contributed by atoms with E-state index in [2.05, 4.69) is 19.9 Å². The van der Waals surface area contributed by atoms with Crippen LogP contribution in [0.4, 0.5) is 8.78 Å². The zero-order chi connectivity index (χ0) is 16.4. The van der Waals surface area contributed by atoms with Crippen LogP contribution in [-0.4, -0.2) is 36.2 Å². The number of rotatable bonds is 5. The molecule has 0 radical (unpaired) electrons. The molecule has 0 saturated carbocycles. The minimum atomic E-state index is -3.83. The summed E-state index contributed by atoms with van der Waals surface area (Å²) in [6, 6.07) is 2.25. The first-order valence-electron chi connectivity index (χ1n) is 6.85. The Bertz CT molecular complexity index is 783. The van der Waals surface area contributed by atoms with Gasteiger partial charge < -0.3 is 4.74 Å². The molecule has 124 valence electrons. The van der Waals surface area contributed by atoms with Gasteiger partial charge in [-0.25, -0.2) is 26.9 Å². The SMILES string of the molecule is O=S(=O)(Cc1ccc(F)cc1F)N[C@H]1CCO[C@H]1c1ncn[nH]1. The first-order valence-corrected chi connectivity index (χ1v) is 8.50. The molecule has 7 nitrogen and oxygen atoms in total. The maximum atomic E-state index is 13.6. The van der Waals surface area contributed by atoms with Crippen molar-refractivity contribution in [2.24, 2.45) is 0 Å². The van der Waals surface area contributed by atoms with Crippen molar-refractivity contribution in [3.63, 3.8) is 0 Å². The second-order valence-corrected chi connectivity index (χ2v) is 6.92. The second-order valence-electron chi connectivity index (χ2n) is 5.17. The Balaban J connectivity index is 1.73. The Morgan fingerprint density at radius 2 is 2.22 bits per heavy atom. The molecule has 0 amide bonds. The largest absolute Gasteiger partial charge is 0.368 e. The highest BCUT2D eigenvalue weighted by atomic mass is 32.2. The third-order valence-electron chi connectivity index (χ3n) is 3.49. The Morgan fingerprint density at radius 3 is 2.91 bits per heavy atom. The number of nitrogens with one attached hydrogen (secondary N) is 2. The van der Waals surface area contributed by atoms with Crippen molar-refractivity contribution in [2.45, 2.75) is 24.3 Å². The van der Waals surface area contributed by atoms with E-state index < -0.39 is 39.6 Å². The van der Waals surface area contributed by atoms with E-state index in [0.29, 0.717) is 24.9 Å². The van der Waals surface area contributed by atoms with Gasteiger partial charge in [0.25, 0.3) is 0 Å². The van der Waals surface area contributed by atoms with Crippen molar-refractivity contribution in [1.29, 1.82) is 0 Å². The molecule has 1 aliphatic rings. The fourth-order valence-electron chi connectivity index (χ4n) is 2.45. The molecule has 1 aromatic heterocycles. The first-order chi connectivity index (χ1) is 10.9. The number of aromatic nitrogens is 3. The van der Waals surface area contributed by atoms with E-state index in [1.165, 1.54) is 6.33 Å². The number of hydrogen-bond acceptors (Lipinski definition) is 5. The van der Waals surface area contributed by atoms with Gasteiger partial charge in [-0.05, 0) is 12.5 Å². The molecule has 0 spiro atoms. The molecule has 1 aliphatic heterocycles. The average Bonchev–Trinajstić information content (AvgIpc) is 3.12. The summed E-state index contributed by atoms with van der Waals surface area (Å²) in [5.41, 5.74) is -0.103. The van der Waals surface area contributed by atoms with E-state index in [-0.39, 0.29) is 5.56 Å². The number of ether oxygens (including phenoxy) is 1. The third-order valence-corrected chi connectivity index (χ3v) is 4.84. The van der Waals surface area contributed by atoms with E-state index in [4.69, 9.17) is 4.74 Å². The highest BCUT2D eigenvalue weighted by molar-refractivity contribution is 7.88. The van der Waals surface area contributed by atoms with Crippen LogP contribution >= 0.6 is 0 Å². The highest BCUT2D eigenvalue weighted by Gasteiger charge is 2.34. The van der Waals surface area contributed by atoms with Gasteiger partial charge in [0.05, 0.1) is 11.8 Å². The topological polar surface area (TPSA) is 97.0 Å². The smallest absolute Gasteiger partial charge is 0.216 e. The van der Waals surface area contributed by atoms with Crippen molar-refractivity contribution < 1.29 is 21.9 Å². The lowest BCUT2D eigenvalue weighted by Crippen LogP contribution is -2.38. The Kier molecular flexibility index (Phi) is 4.37. The first kappa shape index (κ1) is 16.0. The zero-order valence-electron chi connectivity index (χ0n) is 11.9. The van der Waals surface area contributed by atoms with Crippen molar-refractivity contribution in [3.05, 3.63) is 47.5 Å². The fourth-order valence-corrected chi connectivity index (χ4v) is 3.88. The maximum absolute atomic E-state index is 13.6. The Hall–Kier alpha value is -1.91. The number of H-pyrrole nitrogens is 1. The predicted molar refractivity (Wildman–Crippen MR) is 75.6 cm³/mol. The number of nitrogens with zero attached hydrogens (tertiary/aromatic N) is 2. The average molecular weight is 344 g/mol. The number of sulfonamides is 1.